The average Bonchev–Trinajstić information content (AvgIpc) is 2.74. The van der Waals surface area contributed by atoms with Gasteiger partial charge >= 0.3 is 0 Å². The number of benzene rings is 2. The molecule has 5 heteroatoms. The van der Waals surface area contributed by atoms with Gasteiger partial charge in [0.1, 0.15) is 6.20 Å². The fraction of sp³-hybridized carbons (Fsp3) is 0.261. The van der Waals surface area contributed by atoms with Crippen LogP contribution < -0.4 is 9.88 Å². The maximum absolute atomic E-state index is 13.1. The van der Waals surface area contributed by atoms with E-state index in [0.717, 1.165) is 42.6 Å². The molecule has 1 N–H and O–H groups in total. The van der Waals surface area contributed by atoms with Gasteiger partial charge in [-0.05, 0) is 53.9 Å². The van der Waals surface area contributed by atoms with E-state index in [-0.39, 0.29) is 17.9 Å². The molecule has 0 saturated heterocycles. The molecule has 2 unspecified atom stereocenters. The van der Waals surface area contributed by atoms with Gasteiger partial charge in [0.2, 0.25) is 11.6 Å². The summed E-state index contributed by atoms with van der Waals surface area (Å²) in [5.41, 5.74) is 4.28. The number of aryl methyl sites for hydroxylation is 2. The lowest BCUT2D eigenvalue weighted by Gasteiger charge is -2.25. The summed E-state index contributed by atoms with van der Waals surface area (Å²) < 4.78 is 1.98. The van der Waals surface area contributed by atoms with Gasteiger partial charge < -0.3 is 5.32 Å². The van der Waals surface area contributed by atoms with E-state index in [4.69, 9.17) is 11.6 Å². The Balaban J connectivity index is 1.41. The topological polar surface area (TPSA) is 45.9 Å². The molecule has 1 aromatic heterocycles. The minimum absolute atomic E-state index is 0.126. The zero-order chi connectivity index (χ0) is 19.1. The number of anilines is 1. The number of carbonyl (C=O) groups is 1. The zero-order valence-corrected chi connectivity index (χ0v) is 16.2. The lowest BCUT2D eigenvalue weighted by atomic mass is 9.87. The number of Topliss-reactive ketones (excluding diaryl/α,β-unsaturated/α-hetero) is 1. The van der Waals surface area contributed by atoms with Crippen molar-refractivity contribution in [3.63, 3.8) is 0 Å². The number of fused-ring (bicyclic) bond motifs is 2. The fourth-order valence-electron chi connectivity index (χ4n) is 4.32. The van der Waals surface area contributed by atoms with Crippen molar-refractivity contribution in [3.05, 3.63) is 88.3 Å². The normalized spacial score (nSPS) is 20.8. The maximum Gasteiger partial charge on any atom is 0.289 e. The van der Waals surface area contributed by atoms with Crippen molar-refractivity contribution in [1.82, 2.24) is 4.98 Å². The largest absolute Gasteiger partial charge is 0.342 e. The Hall–Kier alpha value is -2.72. The fourth-order valence-corrected chi connectivity index (χ4v) is 4.49. The Morgan fingerprint density at radius 2 is 1.86 bits per heavy atom. The number of ketones is 1. The van der Waals surface area contributed by atoms with Gasteiger partial charge in [-0.15, -0.1) is 0 Å². The molecular weight excluding hydrogens is 370 g/mol. The van der Waals surface area contributed by atoms with Crippen LogP contribution in [0.15, 0.2) is 61.1 Å². The zero-order valence-electron chi connectivity index (χ0n) is 15.4. The van der Waals surface area contributed by atoms with Crippen LogP contribution in [0, 0.1) is 0 Å². The lowest BCUT2D eigenvalue weighted by Crippen LogP contribution is -2.47. The highest BCUT2D eigenvalue weighted by atomic mass is 35.5. The van der Waals surface area contributed by atoms with Crippen molar-refractivity contribution in [2.45, 2.75) is 37.8 Å². The van der Waals surface area contributed by atoms with Gasteiger partial charge in [0.25, 0.3) is 6.33 Å². The molecule has 4 nitrogen and oxygen atoms in total. The molecule has 0 fully saturated rings. The third kappa shape index (κ3) is 3.08. The molecule has 0 spiro atoms. The molecule has 0 amide bonds. The molecule has 2 atom stereocenters. The minimum atomic E-state index is -0.212. The minimum Gasteiger partial charge on any atom is -0.342 e. The van der Waals surface area contributed by atoms with Gasteiger partial charge in [-0.3, -0.25) is 4.79 Å². The maximum atomic E-state index is 13.1. The highest BCUT2D eigenvalue weighted by Crippen LogP contribution is 2.32. The van der Waals surface area contributed by atoms with Gasteiger partial charge in [-0.25, -0.2) is 4.57 Å². The molecule has 0 saturated carbocycles. The number of rotatable bonds is 2. The van der Waals surface area contributed by atoms with Gasteiger partial charge in [0.05, 0.1) is 11.6 Å². The molecule has 2 aromatic carbocycles. The van der Waals surface area contributed by atoms with Gasteiger partial charge in [0.15, 0.2) is 6.04 Å². The van der Waals surface area contributed by atoms with Crippen LogP contribution in [0.2, 0.25) is 5.02 Å². The molecule has 0 bridgehead atoms. The molecule has 5 rings (SSSR count). The van der Waals surface area contributed by atoms with Crippen LogP contribution in [0.3, 0.4) is 0 Å². The summed E-state index contributed by atoms with van der Waals surface area (Å²) in [6, 6.07) is 16.2. The van der Waals surface area contributed by atoms with Crippen LogP contribution >= 0.6 is 11.6 Å². The Labute approximate surface area is 169 Å². The first-order valence-corrected chi connectivity index (χ1v) is 10.1. The van der Waals surface area contributed by atoms with Crippen LogP contribution in [0.4, 0.5) is 5.82 Å². The summed E-state index contributed by atoms with van der Waals surface area (Å²) in [5.74, 6) is 1.05. The van der Waals surface area contributed by atoms with Crippen molar-refractivity contribution in [2.24, 2.45) is 0 Å². The number of halogens is 1. The Morgan fingerprint density at radius 3 is 2.71 bits per heavy atom. The van der Waals surface area contributed by atoms with Gasteiger partial charge in [-0.1, -0.05) is 48.0 Å². The first-order valence-electron chi connectivity index (χ1n) is 9.73. The van der Waals surface area contributed by atoms with E-state index in [1.165, 1.54) is 11.1 Å². The smallest absolute Gasteiger partial charge is 0.289 e. The summed E-state index contributed by atoms with van der Waals surface area (Å²) in [7, 11) is 0. The second-order valence-corrected chi connectivity index (χ2v) is 8.00. The van der Waals surface area contributed by atoms with Crippen LogP contribution in [0.1, 0.15) is 52.0 Å². The summed E-state index contributed by atoms with van der Waals surface area (Å²) in [4.78, 5) is 17.7. The molecule has 2 heterocycles. The summed E-state index contributed by atoms with van der Waals surface area (Å²) in [5, 5.41) is 4.16. The number of nitrogens with one attached hydrogen (secondary N) is 1. The molecular formula is C23H21ClN3O+. The Bertz CT molecular complexity index is 1050. The van der Waals surface area contributed by atoms with E-state index in [1.54, 1.807) is 12.4 Å². The monoisotopic (exact) mass is 390 g/mol. The number of carbonyl (C=O) groups excluding carboxylic acids is 1. The van der Waals surface area contributed by atoms with Crippen molar-refractivity contribution < 1.29 is 9.36 Å². The summed E-state index contributed by atoms with van der Waals surface area (Å²) >= 11 is 6.12. The predicted octanol–water partition coefficient (Wildman–Crippen LogP) is 4.49. The quantitative estimate of drug-likeness (QED) is 0.655. The molecule has 1 aliphatic carbocycles. The second kappa shape index (κ2) is 7.02. The second-order valence-electron chi connectivity index (χ2n) is 7.56. The number of hydrogen-bond donors (Lipinski definition) is 1. The molecule has 3 aromatic rings. The SMILES string of the molecule is O=C1c2cc(Cl)ccc2CCC1[n+]1cnc2c(c1)CCC(c1ccccc1)N2. The number of hydrogen-bond acceptors (Lipinski definition) is 3. The van der Waals surface area contributed by atoms with Crippen molar-refractivity contribution in [3.8, 4) is 0 Å². The van der Waals surface area contributed by atoms with Crippen LogP contribution in [-0.4, -0.2) is 10.8 Å². The third-order valence-electron chi connectivity index (χ3n) is 5.83. The average molecular weight is 391 g/mol. The first-order chi connectivity index (χ1) is 13.7. The molecule has 2 aliphatic rings. The highest BCUT2D eigenvalue weighted by molar-refractivity contribution is 6.31. The predicted molar refractivity (Wildman–Crippen MR) is 109 cm³/mol. The molecule has 140 valence electrons. The Morgan fingerprint density at radius 1 is 1.04 bits per heavy atom. The van der Waals surface area contributed by atoms with Crippen molar-refractivity contribution in [2.75, 3.05) is 5.32 Å². The van der Waals surface area contributed by atoms with E-state index in [0.29, 0.717) is 5.02 Å². The first kappa shape index (κ1) is 17.4. The summed E-state index contributed by atoms with van der Waals surface area (Å²) in [6.07, 6.45) is 7.50. The third-order valence-corrected chi connectivity index (χ3v) is 6.07. The van der Waals surface area contributed by atoms with E-state index in [1.807, 2.05) is 22.8 Å². The number of aromatic nitrogens is 2. The van der Waals surface area contributed by atoms with E-state index in [2.05, 4.69) is 40.8 Å². The van der Waals surface area contributed by atoms with Crippen LogP contribution in [0.5, 0.6) is 0 Å². The van der Waals surface area contributed by atoms with E-state index in [9.17, 15) is 4.79 Å². The van der Waals surface area contributed by atoms with E-state index >= 15 is 0 Å². The number of nitrogens with zero attached hydrogens (tertiary/aromatic N) is 2. The van der Waals surface area contributed by atoms with Crippen molar-refractivity contribution in [1.29, 1.82) is 0 Å². The summed E-state index contributed by atoms with van der Waals surface area (Å²) in [6.45, 7) is 0. The van der Waals surface area contributed by atoms with E-state index < -0.39 is 0 Å². The van der Waals surface area contributed by atoms with Crippen molar-refractivity contribution >= 4 is 23.2 Å². The van der Waals surface area contributed by atoms with Gasteiger partial charge in [0, 0.05) is 10.6 Å². The standard InChI is InChI=1S/C23H20ClN3O/c24-18-9-6-15-8-11-21(22(28)19(15)12-18)27-13-17-7-10-20(26-23(17)25-14-27)16-4-2-1-3-5-16/h1-6,9,12-14,20-21H,7-8,10-11H2/p+1. The lowest BCUT2D eigenvalue weighted by molar-refractivity contribution is -0.711. The highest BCUT2D eigenvalue weighted by Gasteiger charge is 2.33. The molecule has 0 radical (unpaired) electrons. The van der Waals surface area contributed by atoms with Crippen LogP contribution in [-0.2, 0) is 12.8 Å². The van der Waals surface area contributed by atoms with Gasteiger partial charge in [-0.2, -0.15) is 0 Å². The van der Waals surface area contributed by atoms with Crippen LogP contribution in [0.25, 0.3) is 0 Å². The molecule has 28 heavy (non-hydrogen) atoms. The Kier molecular flexibility index (Phi) is 4.36. The molecule has 1 aliphatic heterocycles.